The molecular weight excluding hydrogens is 481 g/mol. The van der Waals surface area contributed by atoms with Crippen molar-refractivity contribution in [3.8, 4) is 17.0 Å². The van der Waals surface area contributed by atoms with Gasteiger partial charge in [0.05, 0.1) is 23.7 Å². The lowest BCUT2D eigenvalue weighted by molar-refractivity contribution is -0.137. The third kappa shape index (κ3) is 5.46. The molecule has 1 aliphatic rings. The fourth-order valence-corrected chi connectivity index (χ4v) is 4.83. The smallest absolute Gasteiger partial charge is 0.416 e. The second-order valence-corrected chi connectivity index (χ2v) is 9.11. The van der Waals surface area contributed by atoms with Crippen molar-refractivity contribution in [1.29, 1.82) is 0 Å². The molecule has 1 fully saturated rings. The Bertz CT molecular complexity index is 1420. The van der Waals surface area contributed by atoms with E-state index in [0.717, 1.165) is 46.5 Å². The molecule has 5 rings (SSSR count). The van der Waals surface area contributed by atoms with Gasteiger partial charge in [0.15, 0.2) is 0 Å². The Morgan fingerprint density at radius 2 is 1.97 bits per heavy atom. The zero-order valence-corrected chi connectivity index (χ0v) is 20.3. The number of nitrogens with zero attached hydrogens (tertiary/aromatic N) is 2. The molecule has 1 aliphatic heterocycles. The lowest BCUT2D eigenvalue weighted by atomic mass is 10.1. The fourth-order valence-electron chi connectivity index (χ4n) is 4.83. The van der Waals surface area contributed by atoms with Gasteiger partial charge in [-0.15, -0.1) is 0 Å². The van der Waals surface area contributed by atoms with Gasteiger partial charge < -0.3 is 10.1 Å². The summed E-state index contributed by atoms with van der Waals surface area (Å²) in [5.74, 6) is 0.579. The maximum Gasteiger partial charge on any atom is 0.416 e. The van der Waals surface area contributed by atoms with E-state index in [1.54, 1.807) is 6.07 Å². The number of hydrogen-bond donors (Lipinski definition) is 2. The Balaban J connectivity index is 1.33. The van der Waals surface area contributed by atoms with Crippen LogP contribution in [-0.4, -0.2) is 40.2 Å². The van der Waals surface area contributed by atoms with Gasteiger partial charge in [0.2, 0.25) is 5.91 Å². The molecule has 1 unspecified atom stereocenters. The van der Waals surface area contributed by atoms with Crippen LogP contribution in [0.15, 0.2) is 66.7 Å². The van der Waals surface area contributed by atoms with Crippen LogP contribution in [0.25, 0.3) is 22.2 Å². The highest BCUT2D eigenvalue weighted by Gasteiger charge is 2.33. The van der Waals surface area contributed by atoms with Gasteiger partial charge in [-0.3, -0.25) is 14.8 Å². The Kier molecular flexibility index (Phi) is 6.88. The highest BCUT2D eigenvalue weighted by molar-refractivity contribution is 6.00. The molecular formula is C28H27F3N4O2. The Hall–Kier alpha value is -3.85. The summed E-state index contributed by atoms with van der Waals surface area (Å²) >= 11 is 0. The second kappa shape index (κ2) is 10.3. The topological polar surface area (TPSA) is 70.2 Å². The van der Waals surface area contributed by atoms with Crippen molar-refractivity contribution in [2.45, 2.75) is 38.5 Å². The van der Waals surface area contributed by atoms with Crippen molar-refractivity contribution < 1.29 is 22.7 Å². The number of H-pyrrole nitrogens is 1. The van der Waals surface area contributed by atoms with Crippen molar-refractivity contribution in [3.05, 3.63) is 77.9 Å². The van der Waals surface area contributed by atoms with E-state index in [-0.39, 0.29) is 12.5 Å². The summed E-state index contributed by atoms with van der Waals surface area (Å²) in [7, 11) is 0. The minimum atomic E-state index is -4.40. The van der Waals surface area contributed by atoms with E-state index in [1.165, 1.54) is 6.07 Å². The van der Waals surface area contributed by atoms with Crippen LogP contribution in [0.2, 0.25) is 0 Å². The molecule has 0 radical (unpaired) electrons. The van der Waals surface area contributed by atoms with E-state index in [2.05, 4.69) is 15.5 Å². The van der Waals surface area contributed by atoms with Gasteiger partial charge in [0.1, 0.15) is 11.4 Å². The van der Waals surface area contributed by atoms with E-state index in [4.69, 9.17) is 4.74 Å². The number of nitrogens with one attached hydrogen (secondary N) is 2. The Labute approximate surface area is 212 Å². The van der Waals surface area contributed by atoms with Gasteiger partial charge in [0.25, 0.3) is 0 Å². The molecule has 3 aromatic carbocycles. The number of amides is 1. The lowest BCUT2D eigenvalue weighted by Crippen LogP contribution is -2.39. The number of carbonyl (C=O) groups excluding carboxylic acids is 1. The number of benzene rings is 3. The first kappa shape index (κ1) is 24.8. The van der Waals surface area contributed by atoms with Gasteiger partial charge in [-0.05, 0) is 68.3 Å². The molecule has 0 aliphatic carbocycles. The van der Waals surface area contributed by atoms with Crippen LogP contribution in [0.5, 0.6) is 5.75 Å². The molecule has 4 aromatic rings. The number of fused-ring (bicyclic) bond motifs is 1. The van der Waals surface area contributed by atoms with E-state index in [1.807, 2.05) is 54.3 Å². The van der Waals surface area contributed by atoms with Crippen molar-refractivity contribution in [2.75, 3.05) is 18.5 Å². The molecule has 192 valence electrons. The van der Waals surface area contributed by atoms with E-state index in [9.17, 15) is 18.0 Å². The first-order valence-electron chi connectivity index (χ1n) is 12.2. The predicted octanol–water partition coefficient (Wildman–Crippen LogP) is 6.25. The second-order valence-electron chi connectivity index (χ2n) is 9.11. The van der Waals surface area contributed by atoms with Crippen LogP contribution < -0.4 is 10.1 Å². The average Bonchev–Trinajstić information content (AvgIpc) is 3.51. The molecule has 1 saturated heterocycles. The summed E-state index contributed by atoms with van der Waals surface area (Å²) in [5, 5.41) is 11.4. The molecule has 1 aromatic heterocycles. The summed E-state index contributed by atoms with van der Waals surface area (Å²) in [4.78, 5) is 15.2. The number of aromatic nitrogens is 2. The molecule has 0 saturated carbocycles. The molecule has 0 bridgehead atoms. The maximum atomic E-state index is 13.2. The average molecular weight is 509 g/mol. The van der Waals surface area contributed by atoms with Crippen LogP contribution >= 0.6 is 0 Å². The monoisotopic (exact) mass is 508 g/mol. The Morgan fingerprint density at radius 1 is 1.14 bits per heavy atom. The molecule has 2 N–H and O–H groups in total. The van der Waals surface area contributed by atoms with E-state index in [0.29, 0.717) is 30.8 Å². The maximum absolute atomic E-state index is 13.2. The predicted molar refractivity (Wildman–Crippen MR) is 136 cm³/mol. The molecule has 1 amide bonds. The number of ether oxygens (including phenoxy) is 1. The number of alkyl halides is 3. The highest BCUT2D eigenvalue weighted by atomic mass is 19.4. The number of likely N-dealkylation sites (tertiary alicyclic amines) is 1. The molecule has 0 spiro atoms. The third-order valence-electron chi connectivity index (χ3n) is 6.56. The molecule has 2 heterocycles. The standard InChI is InChI=1S/C28H27F3N4O2/c1-2-37-22-9-4-7-19(15-22)26-23-16-21(11-12-24(23)33-34-26)32-27(36)25-10-5-13-35(25)17-18-6-3-8-20(14-18)28(29,30)31/h3-4,6-9,11-12,14-16,25H,2,5,10,13,17H2,1H3,(H,32,36)(H,33,34). The van der Waals surface area contributed by atoms with Gasteiger partial charge in [0, 0.05) is 23.2 Å². The number of rotatable bonds is 7. The van der Waals surface area contributed by atoms with Gasteiger partial charge in [-0.25, -0.2) is 0 Å². The fraction of sp³-hybridized carbons (Fsp3) is 0.286. The van der Waals surface area contributed by atoms with Crippen LogP contribution in [-0.2, 0) is 17.5 Å². The summed E-state index contributed by atoms with van der Waals surface area (Å²) in [6, 6.07) is 18.1. The Morgan fingerprint density at radius 3 is 2.78 bits per heavy atom. The summed E-state index contributed by atoms with van der Waals surface area (Å²) in [5.41, 5.74) is 2.96. The van der Waals surface area contributed by atoms with Gasteiger partial charge in [-0.1, -0.05) is 30.3 Å². The number of anilines is 1. The number of hydrogen-bond acceptors (Lipinski definition) is 4. The van der Waals surface area contributed by atoms with Crippen LogP contribution in [0, 0.1) is 0 Å². The van der Waals surface area contributed by atoms with E-state index >= 15 is 0 Å². The summed E-state index contributed by atoms with van der Waals surface area (Å²) in [6.45, 7) is 3.42. The van der Waals surface area contributed by atoms with Crippen LogP contribution in [0.3, 0.4) is 0 Å². The SMILES string of the molecule is CCOc1cccc(-c2n[nH]c3ccc(NC(=O)C4CCCN4Cc4cccc(C(F)(F)F)c4)cc23)c1. The molecule has 9 heteroatoms. The highest BCUT2D eigenvalue weighted by Crippen LogP contribution is 2.32. The van der Waals surface area contributed by atoms with Crippen molar-refractivity contribution >= 4 is 22.5 Å². The summed E-state index contributed by atoms with van der Waals surface area (Å²) in [6.07, 6.45) is -2.95. The summed E-state index contributed by atoms with van der Waals surface area (Å²) < 4.78 is 45.0. The van der Waals surface area contributed by atoms with Crippen LogP contribution in [0.4, 0.5) is 18.9 Å². The number of carbonyl (C=O) groups is 1. The number of halogens is 3. The van der Waals surface area contributed by atoms with Gasteiger partial charge >= 0.3 is 6.18 Å². The lowest BCUT2D eigenvalue weighted by Gasteiger charge is -2.24. The minimum absolute atomic E-state index is 0.174. The first-order valence-corrected chi connectivity index (χ1v) is 12.2. The largest absolute Gasteiger partial charge is 0.494 e. The van der Waals surface area contributed by atoms with Crippen molar-refractivity contribution in [3.63, 3.8) is 0 Å². The zero-order valence-electron chi connectivity index (χ0n) is 20.3. The van der Waals surface area contributed by atoms with Crippen LogP contribution in [0.1, 0.15) is 30.9 Å². The third-order valence-corrected chi connectivity index (χ3v) is 6.56. The van der Waals surface area contributed by atoms with E-state index < -0.39 is 17.8 Å². The van der Waals surface area contributed by atoms with Gasteiger partial charge in [-0.2, -0.15) is 18.3 Å². The molecule has 37 heavy (non-hydrogen) atoms. The molecule has 1 atom stereocenters. The quantitative estimate of drug-likeness (QED) is 0.310. The number of aromatic amines is 1. The minimum Gasteiger partial charge on any atom is -0.494 e. The first-order chi connectivity index (χ1) is 17.8. The zero-order chi connectivity index (χ0) is 26.0. The normalized spacial score (nSPS) is 16.3. The van der Waals surface area contributed by atoms with Crippen molar-refractivity contribution in [2.24, 2.45) is 0 Å². The van der Waals surface area contributed by atoms with Crippen molar-refractivity contribution in [1.82, 2.24) is 15.1 Å². The molecule has 6 nitrogen and oxygen atoms in total.